The van der Waals surface area contributed by atoms with E-state index in [9.17, 15) is 4.79 Å². The summed E-state index contributed by atoms with van der Waals surface area (Å²) in [7, 11) is 3.24. The summed E-state index contributed by atoms with van der Waals surface area (Å²) >= 11 is 0. The van der Waals surface area contributed by atoms with Gasteiger partial charge in [-0.15, -0.1) is 0 Å². The summed E-state index contributed by atoms with van der Waals surface area (Å²) in [5.74, 6) is -0.179. The molecular weight excluding hydrogens is 230 g/mol. The third kappa shape index (κ3) is 4.23. The summed E-state index contributed by atoms with van der Waals surface area (Å²) in [4.78, 5) is 16.4. The molecule has 1 fully saturated rings. The summed E-state index contributed by atoms with van der Waals surface area (Å²) in [6.45, 7) is 9.47. The Kier molecular flexibility index (Phi) is 6.60. The molecule has 0 spiro atoms. The van der Waals surface area contributed by atoms with Gasteiger partial charge < -0.3 is 10.1 Å². The van der Waals surface area contributed by atoms with Gasteiger partial charge in [-0.3, -0.25) is 14.6 Å². The average Bonchev–Trinajstić information content (AvgIpc) is 2.43. The van der Waals surface area contributed by atoms with Crippen LogP contribution in [-0.4, -0.2) is 74.7 Å². The molecule has 1 heterocycles. The van der Waals surface area contributed by atoms with Crippen molar-refractivity contribution in [2.24, 2.45) is 0 Å². The van der Waals surface area contributed by atoms with E-state index in [0.717, 1.165) is 32.7 Å². The molecule has 5 nitrogen and oxygen atoms in total. The van der Waals surface area contributed by atoms with Gasteiger partial charge in [0.15, 0.2) is 0 Å². The minimum absolute atomic E-state index is 0.179. The Labute approximate surface area is 110 Å². The predicted molar refractivity (Wildman–Crippen MR) is 72.6 cm³/mol. The number of rotatable bonds is 6. The van der Waals surface area contributed by atoms with Gasteiger partial charge in [0.2, 0.25) is 0 Å². The first-order valence-corrected chi connectivity index (χ1v) is 6.83. The first-order valence-electron chi connectivity index (χ1n) is 6.83. The smallest absolute Gasteiger partial charge is 0.324 e. The first kappa shape index (κ1) is 15.4. The highest BCUT2D eigenvalue weighted by Crippen LogP contribution is 2.09. The molecule has 106 valence electrons. The number of likely N-dealkylation sites (N-methyl/N-ethyl adjacent to an activating group) is 1. The van der Waals surface area contributed by atoms with Crippen LogP contribution in [0.3, 0.4) is 0 Å². The highest BCUT2D eigenvalue weighted by Gasteiger charge is 2.24. The number of nitrogens with zero attached hydrogens (tertiary/aromatic N) is 2. The fourth-order valence-corrected chi connectivity index (χ4v) is 2.33. The minimum atomic E-state index is -0.217. The van der Waals surface area contributed by atoms with Gasteiger partial charge in [0.1, 0.15) is 6.04 Å². The molecule has 1 aliphatic rings. The molecule has 18 heavy (non-hydrogen) atoms. The summed E-state index contributed by atoms with van der Waals surface area (Å²) in [5, 5.41) is 3.02. The molecule has 0 amide bonds. The van der Waals surface area contributed by atoms with Crippen molar-refractivity contribution in [1.82, 2.24) is 15.1 Å². The third-order valence-electron chi connectivity index (χ3n) is 3.90. The normalized spacial score (nSPS) is 21.6. The Hall–Kier alpha value is -0.650. The van der Waals surface area contributed by atoms with E-state index in [1.165, 1.54) is 13.5 Å². The Morgan fingerprint density at radius 1 is 1.33 bits per heavy atom. The molecule has 1 rings (SSSR count). The zero-order valence-electron chi connectivity index (χ0n) is 12.1. The fraction of sp³-hybridized carbons (Fsp3) is 0.923. The lowest BCUT2D eigenvalue weighted by molar-refractivity contribution is -0.143. The van der Waals surface area contributed by atoms with Crippen molar-refractivity contribution in [3.8, 4) is 0 Å². The van der Waals surface area contributed by atoms with E-state index < -0.39 is 0 Å². The molecule has 0 bridgehead atoms. The summed E-state index contributed by atoms with van der Waals surface area (Å²) < 4.78 is 4.78. The van der Waals surface area contributed by atoms with Crippen LogP contribution >= 0.6 is 0 Å². The first-order chi connectivity index (χ1) is 8.62. The monoisotopic (exact) mass is 257 g/mol. The number of carbonyl (C=O) groups excluding carboxylic acids is 1. The Bertz CT molecular complexity index is 253. The van der Waals surface area contributed by atoms with Crippen molar-refractivity contribution < 1.29 is 9.53 Å². The van der Waals surface area contributed by atoms with E-state index in [4.69, 9.17) is 4.74 Å². The van der Waals surface area contributed by atoms with Crippen LogP contribution in [0.25, 0.3) is 0 Å². The van der Waals surface area contributed by atoms with Gasteiger partial charge in [-0.1, -0.05) is 6.92 Å². The van der Waals surface area contributed by atoms with E-state index in [1.54, 1.807) is 7.05 Å². The van der Waals surface area contributed by atoms with Gasteiger partial charge >= 0.3 is 5.97 Å². The maximum Gasteiger partial charge on any atom is 0.324 e. The largest absolute Gasteiger partial charge is 0.468 e. The number of piperazine rings is 1. The Balaban J connectivity index is 2.36. The van der Waals surface area contributed by atoms with Gasteiger partial charge in [0, 0.05) is 38.8 Å². The number of methoxy groups -OCH3 is 1. The van der Waals surface area contributed by atoms with Crippen molar-refractivity contribution >= 4 is 5.97 Å². The van der Waals surface area contributed by atoms with Crippen LogP contribution in [0.1, 0.15) is 20.3 Å². The molecule has 0 aliphatic carbocycles. The zero-order valence-corrected chi connectivity index (χ0v) is 12.1. The van der Waals surface area contributed by atoms with Crippen LogP contribution in [-0.2, 0) is 9.53 Å². The zero-order chi connectivity index (χ0) is 13.5. The van der Waals surface area contributed by atoms with Crippen LogP contribution in [0.5, 0.6) is 0 Å². The number of ether oxygens (including phenoxy) is 1. The van der Waals surface area contributed by atoms with Crippen LogP contribution in [0.15, 0.2) is 0 Å². The second-order valence-corrected chi connectivity index (χ2v) is 4.96. The third-order valence-corrected chi connectivity index (χ3v) is 3.90. The maximum atomic E-state index is 11.5. The van der Waals surface area contributed by atoms with E-state index >= 15 is 0 Å². The lowest BCUT2D eigenvalue weighted by atomic mass is 10.1. The minimum Gasteiger partial charge on any atom is -0.468 e. The highest BCUT2D eigenvalue weighted by atomic mass is 16.5. The van der Waals surface area contributed by atoms with Crippen molar-refractivity contribution in [2.75, 3.05) is 46.9 Å². The lowest BCUT2D eigenvalue weighted by Gasteiger charge is -2.38. The van der Waals surface area contributed by atoms with Crippen LogP contribution < -0.4 is 5.32 Å². The van der Waals surface area contributed by atoms with Crippen molar-refractivity contribution in [1.29, 1.82) is 0 Å². The molecule has 1 aliphatic heterocycles. The molecule has 1 saturated heterocycles. The second-order valence-electron chi connectivity index (χ2n) is 4.96. The number of hydrogen-bond acceptors (Lipinski definition) is 5. The summed E-state index contributed by atoms with van der Waals surface area (Å²) in [6, 6.07) is 0.443. The van der Waals surface area contributed by atoms with Crippen molar-refractivity contribution in [3.63, 3.8) is 0 Å². The summed E-state index contributed by atoms with van der Waals surface area (Å²) in [5.41, 5.74) is 0. The molecule has 2 atom stereocenters. The molecule has 0 aromatic rings. The molecule has 0 aromatic heterocycles. The molecule has 1 N–H and O–H groups in total. The number of carbonyl (C=O) groups is 1. The molecule has 0 aromatic carbocycles. The topological polar surface area (TPSA) is 44.8 Å². The standard InChI is InChI=1S/C13H27N3O2/c1-5-11(2)16-8-6-15(7-9-16)10-12(14-3)13(17)18-4/h11-12,14H,5-10H2,1-4H3. The van der Waals surface area contributed by atoms with E-state index in [0.29, 0.717) is 6.04 Å². The number of nitrogens with one attached hydrogen (secondary N) is 1. The van der Waals surface area contributed by atoms with E-state index in [1.807, 2.05) is 0 Å². The summed E-state index contributed by atoms with van der Waals surface area (Å²) in [6.07, 6.45) is 1.20. The second kappa shape index (κ2) is 7.71. The molecule has 2 unspecified atom stereocenters. The lowest BCUT2D eigenvalue weighted by Crippen LogP contribution is -2.53. The van der Waals surface area contributed by atoms with Gasteiger partial charge in [-0.2, -0.15) is 0 Å². The molecule has 0 saturated carbocycles. The van der Waals surface area contributed by atoms with E-state index in [-0.39, 0.29) is 12.0 Å². The van der Waals surface area contributed by atoms with Crippen LogP contribution in [0.2, 0.25) is 0 Å². The van der Waals surface area contributed by atoms with Gasteiger partial charge in [-0.05, 0) is 20.4 Å². The van der Waals surface area contributed by atoms with Gasteiger partial charge in [0.05, 0.1) is 7.11 Å². The van der Waals surface area contributed by atoms with E-state index in [2.05, 4.69) is 29.0 Å². The van der Waals surface area contributed by atoms with Crippen LogP contribution in [0.4, 0.5) is 0 Å². The number of esters is 1. The van der Waals surface area contributed by atoms with Gasteiger partial charge in [-0.25, -0.2) is 0 Å². The van der Waals surface area contributed by atoms with Crippen molar-refractivity contribution in [3.05, 3.63) is 0 Å². The van der Waals surface area contributed by atoms with Gasteiger partial charge in [0.25, 0.3) is 0 Å². The van der Waals surface area contributed by atoms with Crippen LogP contribution in [0, 0.1) is 0 Å². The fourth-order valence-electron chi connectivity index (χ4n) is 2.33. The predicted octanol–water partition coefficient (Wildman–Crippen LogP) is 0.164. The number of hydrogen-bond donors (Lipinski definition) is 1. The quantitative estimate of drug-likeness (QED) is 0.687. The molecule has 5 heteroatoms. The molecule has 0 radical (unpaired) electrons. The molecular formula is C13H27N3O2. The Morgan fingerprint density at radius 2 is 1.94 bits per heavy atom. The van der Waals surface area contributed by atoms with Crippen molar-refractivity contribution in [2.45, 2.75) is 32.4 Å². The maximum absolute atomic E-state index is 11.5. The Morgan fingerprint density at radius 3 is 2.39 bits per heavy atom. The average molecular weight is 257 g/mol. The highest BCUT2D eigenvalue weighted by molar-refractivity contribution is 5.75. The SMILES string of the molecule is CCC(C)N1CCN(CC(NC)C(=O)OC)CC1.